The van der Waals surface area contributed by atoms with Crippen LogP contribution in [-0.2, 0) is 0 Å². The molecule has 0 atom stereocenters. The molecule has 2 rings (SSSR count). The predicted molar refractivity (Wildman–Crippen MR) is 88.1 cm³/mol. The lowest BCUT2D eigenvalue weighted by molar-refractivity contribution is 0.102. The first-order valence-corrected chi connectivity index (χ1v) is 7.47. The van der Waals surface area contributed by atoms with Gasteiger partial charge in [-0.3, -0.25) is 4.79 Å². The van der Waals surface area contributed by atoms with Gasteiger partial charge in [-0.2, -0.15) is 0 Å². The Labute approximate surface area is 143 Å². The highest BCUT2D eigenvalue weighted by Crippen LogP contribution is 2.20. The van der Waals surface area contributed by atoms with E-state index in [9.17, 15) is 18.0 Å². The number of amides is 1. The van der Waals surface area contributed by atoms with E-state index in [4.69, 9.17) is 0 Å². The van der Waals surface area contributed by atoms with Crippen LogP contribution in [0.15, 0.2) is 18.2 Å². The number of benzene rings is 1. The van der Waals surface area contributed by atoms with Gasteiger partial charge in [0.2, 0.25) is 0 Å². The summed E-state index contributed by atoms with van der Waals surface area (Å²) in [5.41, 5.74) is -0.494. The zero-order chi connectivity index (χ0) is 18.6. The lowest BCUT2D eigenvalue weighted by atomic mass is 10.2. The molecule has 0 aliphatic heterocycles. The zero-order valence-corrected chi connectivity index (χ0v) is 14.0. The maximum Gasteiger partial charge on any atom is 0.274 e. The highest BCUT2D eigenvalue weighted by Gasteiger charge is 2.17. The Bertz CT molecular complexity index is 783. The fourth-order valence-electron chi connectivity index (χ4n) is 1.99. The molecule has 1 heterocycles. The second-order valence-electron chi connectivity index (χ2n) is 5.59. The molecule has 0 saturated heterocycles. The molecule has 0 fully saturated rings. The number of hydrogen-bond donors (Lipinski definition) is 2. The summed E-state index contributed by atoms with van der Waals surface area (Å²) in [5.74, 6) is -4.44. The van der Waals surface area contributed by atoms with Crippen molar-refractivity contribution in [1.29, 1.82) is 0 Å². The molecule has 0 saturated carbocycles. The standard InChI is InChI=1S/C16H18F3N5O/c1-9-21-12(8-13(22-9)20-6-7-24(2)3)16(25)23-11-5-4-10(17)14(18)15(11)19/h4-5,8H,6-7H2,1-3H3,(H,23,25)(H,20,21,22). The maximum atomic E-state index is 13.7. The van der Waals surface area contributed by atoms with Gasteiger partial charge in [0.25, 0.3) is 5.91 Å². The molecule has 9 heteroatoms. The summed E-state index contributed by atoms with van der Waals surface area (Å²) in [6.07, 6.45) is 0. The molecular formula is C16H18F3N5O. The molecule has 0 aliphatic carbocycles. The Morgan fingerprint density at radius 3 is 2.56 bits per heavy atom. The highest BCUT2D eigenvalue weighted by molar-refractivity contribution is 6.03. The molecule has 0 bridgehead atoms. The van der Waals surface area contributed by atoms with Crippen molar-refractivity contribution in [2.45, 2.75) is 6.92 Å². The van der Waals surface area contributed by atoms with E-state index in [1.54, 1.807) is 6.92 Å². The Morgan fingerprint density at radius 2 is 1.88 bits per heavy atom. The van der Waals surface area contributed by atoms with Gasteiger partial charge in [-0.15, -0.1) is 0 Å². The van der Waals surface area contributed by atoms with Crippen molar-refractivity contribution in [3.05, 3.63) is 47.2 Å². The third-order valence-electron chi connectivity index (χ3n) is 3.22. The minimum atomic E-state index is -1.65. The predicted octanol–water partition coefficient (Wildman–Crippen LogP) is 2.43. The fourth-order valence-corrected chi connectivity index (χ4v) is 1.99. The number of carbonyl (C=O) groups excluding carboxylic acids is 1. The summed E-state index contributed by atoms with van der Waals surface area (Å²) >= 11 is 0. The van der Waals surface area contributed by atoms with E-state index < -0.39 is 29.0 Å². The van der Waals surface area contributed by atoms with E-state index in [1.165, 1.54) is 6.07 Å². The van der Waals surface area contributed by atoms with Crippen molar-refractivity contribution in [2.24, 2.45) is 0 Å². The van der Waals surface area contributed by atoms with Crippen LogP contribution in [0.5, 0.6) is 0 Å². The first-order valence-electron chi connectivity index (χ1n) is 7.47. The molecule has 25 heavy (non-hydrogen) atoms. The average molecular weight is 353 g/mol. The molecular weight excluding hydrogens is 335 g/mol. The number of carbonyl (C=O) groups is 1. The lowest BCUT2D eigenvalue weighted by Crippen LogP contribution is -2.22. The minimum Gasteiger partial charge on any atom is -0.369 e. The summed E-state index contributed by atoms with van der Waals surface area (Å²) in [4.78, 5) is 22.3. The minimum absolute atomic E-state index is 0.0241. The number of halogens is 3. The quantitative estimate of drug-likeness (QED) is 0.781. The zero-order valence-electron chi connectivity index (χ0n) is 14.0. The van der Waals surface area contributed by atoms with Gasteiger partial charge in [-0.1, -0.05) is 0 Å². The van der Waals surface area contributed by atoms with Crippen molar-refractivity contribution < 1.29 is 18.0 Å². The summed E-state index contributed by atoms with van der Waals surface area (Å²) in [5, 5.41) is 5.22. The third-order valence-corrected chi connectivity index (χ3v) is 3.22. The fraction of sp³-hybridized carbons (Fsp3) is 0.312. The van der Waals surface area contributed by atoms with Crippen LogP contribution in [0.4, 0.5) is 24.7 Å². The maximum absolute atomic E-state index is 13.7. The van der Waals surface area contributed by atoms with Gasteiger partial charge in [0.15, 0.2) is 17.5 Å². The van der Waals surface area contributed by atoms with E-state index >= 15 is 0 Å². The van der Waals surface area contributed by atoms with E-state index in [-0.39, 0.29) is 5.69 Å². The molecule has 0 radical (unpaired) electrons. The van der Waals surface area contributed by atoms with E-state index in [2.05, 4.69) is 20.6 Å². The van der Waals surface area contributed by atoms with Crippen molar-refractivity contribution in [3.63, 3.8) is 0 Å². The number of likely N-dealkylation sites (N-methyl/N-ethyl adjacent to an activating group) is 1. The molecule has 1 amide bonds. The van der Waals surface area contributed by atoms with Gasteiger partial charge in [0, 0.05) is 19.2 Å². The Balaban J connectivity index is 2.16. The van der Waals surface area contributed by atoms with Crippen molar-refractivity contribution in [2.75, 3.05) is 37.8 Å². The van der Waals surface area contributed by atoms with Crippen LogP contribution in [0, 0.1) is 24.4 Å². The second-order valence-corrected chi connectivity index (χ2v) is 5.59. The Hall–Kier alpha value is -2.68. The lowest BCUT2D eigenvalue weighted by Gasteiger charge is -2.12. The van der Waals surface area contributed by atoms with Crippen LogP contribution in [0.1, 0.15) is 16.3 Å². The molecule has 2 N–H and O–H groups in total. The molecule has 0 unspecified atom stereocenters. The average Bonchev–Trinajstić information content (AvgIpc) is 2.54. The number of aryl methyl sites for hydroxylation is 1. The summed E-state index contributed by atoms with van der Waals surface area (Å²) in [7, 11) is 3.84. The number of aromatic nitrogens is 2. The van der Waals surface area contributed by atoms with Crippen LogP contribution in [0.25, 0.3) is 0 Å². The van der Waals surface area contributed by atoms with Crippen molar-refractivity contribution in [3.8, 4) is 0 Å². The molecule has 0 aliphatic rings. The smallest absolute Gasteiger partial charge is 0.274 e. The van der Waals surface area contributed by atoms with Crippen LogP contribution in [0.3, 0.4) is 0 Å². The molecule has 134 valence electrons. The second kappa shape index (κ2) is 7.93. The van der Waals surface area contributed by atoms with Gasteiger partial charge < -0.3 is 15.5 Å². The molecule has 2 aromatic rings. The van der Waals surface area contributed by atoms with Gasteiger partial charge >= 0.3 is 0 Å². The van der Waals surface area contributed by atoms with Gasteiger partial charge in [-0.25, -0.2) is 23.1 Å². The highest BCUT2D eigenvalue weighted by atomic mass is 19.2. The normalized spacial score (nSPS) is 10.8. The summed E-state index contributed by atoms with van der Waals surface area (Å²) in [6.45, 7) is 2.96. The van der Waals surface area contributed by atoms with E-state index in [1.807, 2.05) is 19.0 Å². The first-order chi connectivity index (χ1) is 11.8. The monoisotopic (exact) mass is 353 g/mol. The van der Waals surface area contributed by atoms with Gasteiger partial charge in [0.05, 0.1) is 5.69 Å². The van der Waals surface area contributed by atoms with Gasteiger partial charge in [0.1, 0.15) is 17.3 Å². The number of nitrogens with one attached hydrogen (secondary N) is 2. The van der Waals surface area contributed by atoms with Crippen molar-refractivity contribution in [1.82, 2.24) is 14.9 Å². The topological polar surface area (TPSA) is 70.2 Å². The van der Waals surface area contributed by atoms with Crippen LogP contribution in [0.2, 0.25) is 0 Å². The number of hydrogen-bond acceptors (Lipinski definition) is 5. The van der Waals surface area contributed by atoms with E-state index in [0.717, 1.165) is 18.7 Å². The van der Waals surface area contributed by atoms with Crippen molar-refractivity contribution >= 4 is 17.4 Å². The molecule has 0 spiro atoms. The Kier molecular flexibility index (Phi) is 5.92. The summed E-state index contributed by atoms with van der Waals surface area (Å²) < 4.78 is 39.8. The molecule has 1 aromatic heterocycles. The molecule has 1 aromatic carbocycles. The van der Waals surface area contributed by atoms with Gasteiger partial charge in [-0.05, 0) is 33.2 Å². The Morgan fingerprint density at radius 1 is 1.16 bits per heavy atom. The van der Waals surface area contributed by atoms with E-state index in [0.29, 0.717) is 18.2 Å². The van der Waals surface area contributed by atoms with Crippen LogP contribution >= 0.6 is 0 Å². The summed E-state index contributed by atoms with van der Waals surface area (Å²) in [6, 6.07) is 3.07. The third kappa shape index (κ3) is 4.90. The molecule has 6 nitrogen and oxygen atoms in total. The van der Waals surface area contributed by atoms with Crippen LogP contribution in [-0.4, -0.2) is 48.0 Å². The number of nitrogens with zero attached hydrogens (tertiary/aromatic N) is 3. The number of anilines is 2. The SMILES string of the molecule is Cc1nc(NCCN(C)C)cc(C(=O)Nc2ccc(F)c(F)c2F)n1. The first kappa shape index (κ1) is 18.7. The largest absolute Gasteiger partial charge is 0.369 e. The number of rotatable bonds is 6. The van der Waals surface area contributed by atoms with Crippen LogP contribution < -0.4 is 10.6 Å².